The Bertz CT molecular complexity index is 562. The van der Waals surface area contributed by atoms with Crippen LogP contribution in [0.2, 0.25) is 0 Å². The van der Waals surface area contributed by atoms with Crippen LogP contribution in [0.4, 0.5) is 5.69 Å². The van der Waals surface area contributed by atoms with Crippen molar-refractivity contribution in [3.63, 3.8) is 0 Å². The fraction of sp³-hybridized carbons (Fsp3) is 0.571. The van der Waals surface area contributed by atoms with Gasteiger partial charge in [-0.2, -0.15) is 0 Å². The molecule has 3 rings (SSSR count). The smallest absolute Gasteiger partial charge is 0.162 e. The van der Waals surface area contributed by atoms with E-state index >= 15 is 0 Å². The van der Waals surface area contributed by atoms with Gasteiger partial charge in [0.1, 0.15) is 0 Å². The van der Waals surface area contributed by atoms with Crippen molar-refractivity contribution < 1.29 is 4.79 Å². The molecule has 0 N–H and O–H groups in total. The topological polar surface area (TPSA) is 20.3 Å². The number of ketones is 1. The van der Waals surface area contributed by atoms with E-state index in [1.165, 1.54) is 31.4 Å². The quantitative estimate of drug-likeness (QED) is 0.706. The molecule has 1 atom stereocenters. The summed E-state index contributed by atoms with van der Waals surface area (Å²) >= 11 is 0. The van der Waals surface area contributed by atoms with Gasteiger partial charge in [0.25, 0.3) is 0 Å². The van der Waals surface area contributed by atoms with Gasteiger partial charge < -0.3 is 4.90 Å². The lowest BCUT2D eigenvalue weighted by atomic mass is 9.88. The van der Waals surface area contributed by atoms with Crippen LogP contribution in [0.25, 0.3) is 6.08 Å². The Balaban J connectivity index is 1.70. The summed E-state index contributed by atoms with van der Waals surface area (Å²) in [5.74, 6) is 1.42. The summed E-state index contributed by atoms with van der Waals surface area (Å²) in [6, 6.07) is 8.65. The lowest BCUT2D eigenvalue weighted by molar-refractivity contribution is -0.119. The second kappa shape index (κ2) is 7.33. The first kappa shape index (κ1) is 16.3. The predicted molar refractivity (Wildman–Crippen MR) is 97.7 cm³/mol. The number of anilines is 1. The first-order valence-corrected chi connectivity index (χ1v) is 9.32. The molecular formula is C21H29NO. The molecule has 2 nitrogen and oxygen atoms in total. The fourth-order valence-corrected chi connectivity index (χ4v) is 4.33. The van der Waals surface area contributed by atoms with Crippen LogP contribution in [0.1, 0.15) is 57.9 Å². The number of carbonyl (C=O) groups excluding carboxylic acids is 1. The average molecular weight is 311 g/mol. The molecule has 0 unspecified atom stereocenters. The molecule has 2 fully saturated rings. The van der Waals surface area contributed by atoms with E-state index in [-0.39, 0.29) is 0 Å². The van der Waals surface area contributed by atoms with Crippen molar-refractivity contribution in [2.24, 2.45) is 11.8 Å². The Hall–Kier alpha value is -1.57. The van der Waals surface area contributed by atoms with Crippen LogP contribution in [0.15, 0.2) is 29.8 Å². The molecule has 124 valence electrons. The molecule has 0 bridgehead atoms. The maximum atomic E-state index is 12.7. The van der Waals surface area contributed by atoms with E-state index in [0.29, 0.717) is 17.6 Å². The molecule has 23 heavy (non-hydrogen) atoms. The lowest BCUT2D eigenvalue weighted by Gasteiger charge is -2.20. The number of Topliss-reactive ketones (excluding diaryl/α,β-unsaturated/α-hetero) is 1. The van der Waals surface area contributed by atoms with Crippen LogP contribution < -0.4 is 4.90 Å². The van der Waals surface area contributed by atoms with Gasteiger partial charge in [-0.05, 0) is 74.8 Å². The zero-order valence-corrected chi connectivity index (χ0v) is 14.6. The number of rotatable bonds is 5. The van der Waals surface area contributed by atoms with E-state index < -0.39 is 0 Å². The molecule has 0 spiro atoms. The predicted octanol–water partition coefficient (Wildman–Crippen LogP) is 5.09. The standard InChI is InChI=1S/C21H29NO/c1-3-22(4-2)19-12-9-16(10-13-19)15-18-11-14-20(21(18)23)17-7-5-6-8-17/h9-10,12-13,15,17,20H,3-8,11,14H2,1-2H3/b18-15+/t20-/m1/s1. The van der Waals surface area contributed by atoms with Gasteiger partial charge in [-0.15, -0.1) is 0 Å². The molecule has 2 aliphatic carbocycles. The Morgan fingerprint density at radius 3 is 2.30 bits per heavy atom. The summed E-state index contributed by atoms with van der Waals surface area (Å²) in [4.78, 5) is 15.0. The second-order valence-electron chi connectivity index (χ2n) is 6.99. The third kappa shape index (κ3) is 3.52. The minimum Gasteiger partial charge on any atom is -0.372 e. The number of hydrogen-bond acceptors (Lipinski definition) is 2. The van der Waals surface area contributed by atoms with Gasteiger partial charge in [0.05, 0.1) is 0 Å². The third-order valence-electron chi connectivity index (χ3n) is 5.71. The molecule has 0 aliphatic heterocycles. The first-order chi connectivity index (χ1) is 11.2. The van der Waals surface area contributed by atoms with Gasteiger partial charge in [-0.25, -0.2) is 0 Å². The summed E-state index contributed by atoms with van der Waals surface area (Å²) in [6.45, 7) is 6.41. The van der Waals surface area contributed by atoms with Crippen LogP contribution in [0.3, 0.4) is 0 Å². The normalized spacial score (nSPS) is 23.8. The van der Waals surface area contributed by atoms with Crippen LogP contribution in [0, 0.1) is 11.8 Å². The second-order valence-corrected chi connectivity index (χ2v) is 6.99. The van der Waals surface area contributed by atoms with E-state index in [2.05, 4.69) is 49.1 Å². The maximum absolute atomic E-state index is 12.7. The molecule has 0 aromatic heterocycles. The number of nitrogens with zero attached hydrogens (tertiary/aromatic N) is 1. The molecule has 2 saturated carbocycles. The number of benzene rings is 1. The van der Waals surface area contributed by atoms with Gasteiger partial charge in [-0.1, -0.05) is 25.0 Å². The average Bonchev–Trinajstić information content (AvgIpc) is 3.21. The van der Waals surface area contributed by atoms with Gasteiger partial charge >= 0.3 is 0 Å². The molecular weight excluding hydrogens is 282 g/mol. The molecule has 0 saturated heterocycles. The molecule has 2 aliphatic rings. The number of allylic oxidation sites excluding steroid dienone is 1. The van der Waals surface area contributed by atoms with Gasteiger partial charge in [0, 0.05) is 24.7 Å². The molecule has 1 aromatic carbocycles. The van der Waals surface area contributed by atoms with E-state index in [0.717, 1.165) is 37.1 Å². The number of carbonyl (C=O) groups is 1. The van der Waals surface area contributed by atoms with Gasteiger partial charge in [0.2, 0.25) is 0 Å². The highest BCUT2D eigenvalue weighted by Gasteiger charge is 2.36. The summed E-state index contributed by atoms with van der Waals surface area (Å²) in [5.41, 5.74) is 3.48. The van der Waals surface area contributed by atoms with Crippen LogP contribution in [-0.2, 0) is 4.79 Å². The zero-order chi connectivity index (χ0) is 16.2. The van der Waals surface area contributed by atoms with E-state index in [1.807, 2.05) is 0 Å². The highest BCUT2D eigenvalue weighted by Crippen LogP contribution is 2.40. The van der Waals surface area contributed by atoms with Crippen molar-refractivity contribution in [2.75, 3.05) is 18.0 Å². The summed E-state index contributed by atoms with van der Waals surface area (Å²) in [7, 11) is 0. The van der Waals surface area contributed by atoms with Crippen molar-refractivity contribution in [1.82, 2.24) is 0 Å². The van der Waals surface area contributed by atoms with Gasteiger partial charge in [-0.3, -0.25) is 4.79 Å². The Labute approximate surface area is 140 Å². The monoisotopic (exact) mass is 311 g/mol. The minimum absolute atomic E-state index is 0.318. The summed E-state index contributed by atoms with van der Waals surface area (Å²) in [5, 5.41) is 0. The van der Waals surface area contributed by atoms with Crippen LogP contribution in [-0.4, -0.2) is 18.9 Å². The lowest BCUT2D eigenvalue weighted by Crippen LogP contribution is -2.21. The van der Waals surface area contributed by atoms with Crippen molar-refractivity contribution in [3.05, 3.63) is 35.4 Å². The zero-order valence-electron chi connectivity index (χ0n) is 14.6. The van der Waals surface area contributed by atoms with Gasteiger partial charge in [0.15, 0.2) is 5.78 Å². The fourth-order valence-electron chi connectivity index (χ4n) is 4.33. The maximum Gasteiger partial charge on any atom is 0.162 e. The van der Waals surface area contributed by atoms with E-state index in [4.69, 9.17) is 0 Å². The molecule has 0 radical (unpaired) electrons. The van der Waals surface area contributed by atoms with Crippen molar-refractivity contribution in [2.45, 2.75) is 52.4 Å². The number of hydrogen-bond donors (Lipinski definition) is 0. The molecule has 0 amide bonds. The van der Waals surface area contributed by atoms with Crippen LogP contribution >= 0.6 is 0 Å². The largest absolute Gasteiger partial charge is 0.372 e. The van der Waals surface area contributed by atoms with Crippen molar-refractivity contribution >= 4 is 17.5 Å². The Kier molecular flexibility index (Phi) is 5.20. The Morgan fingerprint density at radius 2 is 1.70 bits per heavy atom. The summed E-state index contributed by atoms with van der Waals surface area (Å²) in [6.07, 6.45) is 9.35. The van der Waals surface area contributed by atoms with E-state index in [9.17, 15) is 4.79 Å². The highest BCUT2D eigenvalue weighted by atomic mass is 16.1. The SMILES string of the molecule is CCN(CC)c1ccc(/C=C2\CC[C@H](C3CCCC3)C2=O)cc1. The van der Waals surface area contributed by atoms with E-state index in [1.54, 1.807) is 0 Å². The minimum atomic E-state index is 0.318. The Morgan fingerprint density at radius 1 is 1.04 bits per heavy atom. The third-order valence-corrected chi connectivity index (χ3v) is 5.71. The summed E-state index contributed by atoms with van der Waals surface area (Å²) < 4.78 is 0. The van der Waals surface area contributed by atoms with Crippen LogP contribution in [0.5, 0.6) is 0 Å². The van der Waals surface area contributed by atoms with Crippen molar-refractivity contribution in [3.8, 4) is 0 Å². The van der Waals surface area contributed by atoms with Crippen molar-refractivity contribution in [1.29, 1.82) is 0 Å². The highest BCUT2D eigenvalue weighted by molar-refractivity contribution is 6.03. The molecule has 0 heterocycles. The molecule has 2 heteroatoms. The first-order valence-electron chi connectivity index (χ1n) is 9.32. The molecule has 1 aromatic rings.